The van der Waals surface area contributed by atoms with Crippen molar-refractivity contribution < 1.29 is 14.3 Å². The molecule has 1 aliphatic carbocycles. The van der Waals surface area contributed by atoms with Crippen molar-refractivity contribution in [1.82, 2.24) is 10.6 Å². The number of fused-ring (bicyclic) bond motifs is 2. The first-order valence-electron chi connectivity index (χ1n) is 8.05. The number of hydrogen-bond acceptors (Lipinski definition) is 3. The maximum absolute atomic E-state index is 12.7. The fourth-order valence-corrected chi connectivity index (χ4v) is 4.51. The Hall–Kier alpha value is -1.56. The number of urea groups is 1. The lowest BCUT2D eigenvalue weighted by Gasteiger charge is -2.48. The SMILES string of the molecule is CC1CCC2(CC1)CC1(NC(=O)NC1=O)c1cc(Br)ccc1O2. The molecule has 1 saturated heterocycles. The standard InChI is InChI=1S/C17H19BrN2O3/c1-10-4-6-16(7-5-10)9-17(14(21)19-15(22)20-17)12-8-11(18)2-3-13(12)23-16/h2-3,8,10H,4-7,9H2,1H3,(H2,19,20,21,22). The Kier molecular flexibility index (Phi) is 3.24. The number of imide groups is 1. The Balaban J connectivity index is 1.83. The van der Waals surface area contributed by atoms with Gasteiger partial charge in [0.25, 0.3) is 5.91 Å². The predicted molar refractivity (Wildman–Crippen MR) is 88.1 cm³/mol. The molecular weight excluding hydrogens is 360 g/mol. The lowest BCUT2D eigenvalue weighted by atomic mass is 9.69. The fourth-order valence-electron chi connectivity index (χ4n) is 4.15. The molecule has 2 heterocycles. The molecule has 2 fully saturated rings. The van der Waals surface area contributed by atoms with E-state index >= 15 is 0 Å². The summed E-state index contributed by atoms with van der Waals surface area (Å²) in [6, 6.07) is 5.24. The largest absolute Gasteiger partial charge is 0.487 e. The van der Waals surface area contributed by atoms with Gasteiger partial charge in [0.2, 0.25) is 0 Å². The first-order valence-corrected chi connectivity index (χ1v) is 8.84. The van der Waals surface area contributed by atoms with Gasteiger partial charge in [0.05, 0.1) is 0 Å². The zero-order valence-corrected chi connectivity index (χ0v) is 14.5. The van der Waals surface area contributed by atoms with Crippen LogP contribution >= 0.6 is 15.9 Å². The molecule has 0 radical (unpaired) electrons. The number of rotatable bonds is 0. The van der Waals surface area contributed by atoms with Crippen molar-refractivity contribution in [3.8, 4) is 5.75 Å². The van der Waals surface area contributed by atoms with Crippen LogP contribution in [0.1, 0.15) is 44.6 Å². The Morgan fingerprint density at radius 3 is 2.65 bits per heavy atom. The molecule has 3 aliphatic rings. The van der Waals surface area contributed by atoms with Gasteiger partial charge < -0.3 is 10.1 Å². The van der Waals surface area contributed by atoms with Gasteiger partial charge in [-0.15, -0.1) is 0 Å². The van der Waals surface area contributed by atoms with Gasteiger partial charge in [-0.3, -0.25) is 10.1 Å². The van der Waals surface area contributed by atoms with Gasteiger partial charge in [0.1, 0.15) is 11.4 Å². The zero-order valence-electron chi connectivity index (χ0n) is 12.9. The van der Waals surface area contributed by atoms with Crippen molar-refractivity contribution in [3.05, 3.63) is 28.2 Å². The normalized spacial score (nSPS) is 35.7. The number of carbonyl (C=O) groups is 2. The van der Waals surface area contributed by atoms with Gasteiger partial charge in [-0.1, -0.05) is 22.9 Å². The third kappa shape index (κ3) is 2.26. The smallest absolute Gasteiger partial charge is 0.322 e. The maximum atomic E-state index is 12.7. The number of halogens is 1. The van der Waals surface area contributed by atoms with Crippen molar-refractivity contribution >= 4 is 27.9 Å². The highest BCUT2D eigenvalue weighted by molar-refractivity contribution is 9.10. The van der Waals surface area contributed by atoms with Crippen LogP contribution in [-0.2, 0) is 10.3 Å². The van der Waals surface area contributed by atoms with E-state index in [9.17, 15) is 9.59 Å². The molecule has 2 N–H and O–H groups in total. The predicted octanol–water partition coefficient (Wildman–Crippen LogP) is 3.22. The molecule has 1 aromatic carbocycles. The summed E-state index contributed by atoms with van der Waals surface area (Å²) < 4.78 is 7.24. The van der Waals surface area contributed by atoms with E-state index in [-0.39, 0.29) is 11.5 Å². The summed E-state index contributed by atoms with van der Waals surface area (Å²) in [6.45, 7) is 2.25. The van der Waals surface area contributed by atoms with E-state index in [0.717, 1.165) is 35.7 Å². The van der Waals surface area contributed by atoms with Gasteiger partial charge in [-0.2, -0.15) is 0 Å². The van der Waals surface area contributed by atoms with Crippen LogP contribution in [0.2, 0.25) is 0 Å². The Morgan fingerprint density at radius 1 is 1.26 bits per heavy atom. The van der Waals surface area contributed by atoms with Crippen molar-refractivity contribution in [2.45, 2.75) is 50.2 Å². The Labute approximate surface area is 143 Å². The maximum Gasteiger partial charge on any atom is 0.322 e. The van der Waals surface area contributed by atoms with Crippen LogP contribution in [0.5, 0.6) is 5.75 Å². The van der Waals surface area contributed by atoms with Gasteiger partial charge in [-0.05, 0) is 49.8 Å². The first-order chi connectivity index (χ1) is 10.9. The van der Waals surface area contributed by atoms with Crippen molar-refractivity contribution in [3.63, 3.8) is 0 Å². The zero-order chi connectivity index (χ0) is 16.2. The van der Waals surface area contributed by atoms with Gasteiger partial charge in [0.15, 0.2) is 5.54 Å². The molecule has 2 aliphatic heterocycles. The van der Waals surface area contributed by atoms with Gasteiger partial charge in [-0.25, -0.2) is 4.79 Å². The minimum atomic E-state index is -1.02. The third-order valence-electron chi connectivity index (χ3n) is 5.44. The van der Waals surface area contributed by atoms with Crippen LogP contribution < -0.4 is 15.4 Å². The summed E-state index contributed by atoms with van der Waals surface area (Å²) in [7, 11) is 0. The van der Waals surface area contributed by atoms with Crippen LogP contribution in [0.4, 0.5) is 4.79 Å². The number of amides is 3. The molecule has 3 amide bonds. The van der Waals surface area contributed by atoms with Crippen molar-refractivity contribution in [2.24, 2.45) is 5.92 Å². The minimum Gasteiger partial charge on any atom is -0.487 e. The second-order valence-electron chi connectivity index (χ2n) is 7.10. The molecule has 1 aromatic rings. The highest BCUT2D eigenvalue weighted by atomic mass is 79.9. The molecule has 5 nitrogen and oxygen atoms in total. The lowest BCUT2D eigenvalue weighted by molar-refractivity contribution is -0.129. The van der Waals surface area contributed by atoms with Crippen LogP contribution in [0.25, 0.3) is 0 Å². The Bertz CT molecular complexity index is 697. The Morgan fingerprint density at radius 2 is 2.00 bits per heavy atom. The van der Waals surface area contributed by atoms with Crippen molar-refractivity contribution in [1.29, 1.82) is 0 Å². The average Bonchev–Trinajstić information content (AvgIpc) is 2.78. The van der Waals surface area contributed by atoms with Crippen LogP contribution in [0, 0.1) is 5.92 Å². The summed E-state index contributed by atoms with van der Waals surface area (Å²) in [4.78, 5) is 24.5. The van der Waals surface area contributed by atoms with Gasteiger partial charge >= 0.3 is 6.03 Å². The molecule has 0 bridgehead atoms. The van der Waals surface area contributed by atoms with E-state index in [1.807, 2.05) is 18.2 Å². The van der Waals surface area contributed by atoms with E-state index in [2.05, 4.69) is 33.5 Å². The summed E-state index contributed by atoms with van der Waals surface area (Å²) in [5, 5.41) is 5.29. The number of hydrogen-bond donors (Lipinski definition) is 2. The van der Waals surface area contributed by atoms with E-state index in [1.54, 1.807) is 0 Å². The van der Waals surface area contributed by atoms with E-state index < -0.39 is 11.6 Å². The molecule has 1 unspecified atom stereocenters. The highest BCUT2D eigenvalue weighted by Crippen LogP contribution is 2.51. The first kappa shape index (κ1) is 15.0. The molecule has 6 heteroatoms. The lowest BCUT2D eigenvalue weighted by Crippen LogP contribution is -2.56. The van der Waals surface area contributed by atoms with Crippen LogP contribution in [0.15, 0.2) is 22.7 Å². The molecule has 23 heavy (non-hydrogen) atoms. The van der Waals surface area contributed by atoms with Crippen molar-refractivity contribution in [2.75, 3.05) is 0 Å². The van der Waals surface area contributed by atoms with Gasteiger partial charge in [0, 0.05) is 16.5 Å². The molecule has 2 spiro atoms. The minimum absolute atomic E-state index is 0.275. The molecule has 1 saturated carbocycles. The summed E-state index contributed by atoms with van der Waals surface area (Å²) >= 11 is 3.45. The summed E-state index contributed by atoms with van der Waals surface area (Å²) in [5.74, 6) is 1.10. The highest BCUT2D eigenvalue weighted by Gasteiger charge is 2.58. The molecule has 0 aromatic heterocycles. The summed E-state index contributed by atoms with van der Waals surface area (Å²) in [5.41, 5.74) is -0.656. The second kappa shape index (κ2) is 4.97. The average molecular weight is 379 g/mol. The number of ether oxygens (including phenoxy) is 1. The third-order valence-corrected chi connectivity index (χ3v) is 5.94. The number of benzene rings is 1. The summed E-state index contributed by atoms with van der Waals surface area (Å²) in [6.07, 6.45) is 4.48. The second-order valence-corrected chi connectivity index (χ2v) is 8.01. The fraction of sp³-hybridized carbons (Fsp3) is 0.529. The topological polar surface area (TPSA) is 67.4 Å². The molecule has 122 valence electrons. The molecular formula is C17H19BrN2O3. The quantitative estimate of drug-likeness (QED) is 0.681. The van der Waals surface area contributed by atoms with E-state index in [4.69, 9.17) is 4.74 Å². The molecule has 1 atom stereocenters. The monoisotopic (exact) mass is 378 g/mol. The van der Waals surface area contributed by atoms with E-state index in [0.29, 0.717) is 18.1 Å². The van der Waals surface area contributed by atoms with Crippen LogP contribution in [0.3, 0.4) is 0 Å². The molecule has 4 rings (SSSR count). The number of carbonyl (C=O) groups excluding carboxylic acids is 2. The van der Waals surface area contributed by atoms with E-state index in [1.165, 1.54) is 0 Å². The van der Waals surface area contributed by atoms with Crippen LogP contribution in [-0.4, -0.2) is 17.5 Å². The number of nitrogens with one attached hydrogen (secondary N) is 2.